The van der Waals surface area contributed by atoms with Crippen molar-refractivity contribution in [1.29, 1.82) is 0 Å². The van der Waals surface area contributed by atoms with Gasteiger partial charge >= 0.3 is 0 Å². The van der Waals surface area contributed by atoms with Crippen LogP contribution in [-0.2, 0) is 11.2 Å². The summed E-state index contributed by atoms with van der Waals surface area (Å²) in [6.45, 7) is 8.33. The third kappa shape index (κ3) is 4.78. The first-order valence-corrected chi connectivity index (χ1v) is 6.54. The quantitative estimate of drug-likeness (QED) is 0.842. The topological polar surface area (TPSA) is 38.3 Å². The lowest BCUT2D eigenvalue weighted by Crippen LogP contribution is -2.38. The Hall–Kier alpha value is -1.51. The zero-order valence-corrected chi connectivity index (χ0v) is 11.7. The Kier molecular flexibility index (Phi) is 5.69. The van der Waals surface area contributed by atoms with E-state index in [0.29, 0.717) is 5.92 Å². The van der Waals surface area contributed by atoms with Crippen LogP contribution in [0.25, 0.3) is 0 Å². The summed E-state index contributed by atoms with van der Waals surface area (Å²) in [6.07, 6.45) is 0.966. The SMILES string of the molecule is CCc1cccc(OCC(=O)N[C@H](C)C(C)C)c1. The summed E-state index contributed by atoms with van der Waals surface area (Å²) in [6, 6.07) is 8.01. The number of carbonyl (C=O) groups is 1. The molecule has 0 saturated carbocycles. The van der Waals surface area contributed by atoms with Crippen LogP contribution in [-0.4, -0.2) is 18.6 Å². The minimum absolute atomic E-state index is 0.0712. The molecule has 0 fully saturated rings. The molecule has 0 aliphatic rings. The van der Waals surface area contributed by atoms with Crippen LogP contribution in [0.4, 0.5) is 0 Å². The fraction of sp³-hybridized carbons (Fsp3) is 0.533. The highest BCUT2D eigenvalue weighted by Gasteiger charge is 2.11. The molecule has 3 nitrogen and oxygen atoms in total. The number of rotatable bonds is 6. The van der Waals surface area contributed by atoms with Crippen LogP contribution < -0.4 is 10.1 Å². The normalized spacial score (nSPS) is 12.3. The fourth-order valence-electron chi connectivity index (χ4n) is 1.47. The molecule has 1 rings (SSSR count). The lowest BCUT2D eigenvalue weighted by molar-refractivity contribution is -0.124. The number of hydrogen-bond donors (Lipinski definition) is 1. The zero-order valence-electron chi connectivity index (χ0n) is 11.7. The molecular weight excluding hydrogens is 226 g/mol. The molecule has 3 heteroatoms. The Morgan fingerprint density at radius 1 is 1.33 bits per heavy atom. The third-order valence-corrected chi connectivity index (χ3v) is 3.07. The molecule has 0 bridgehead atoms. The fourth-order valence-corrected chi connectivity index (χ4v) is 1.47. The van der Waals surface area contributed by atoms with Crippen molar-refractivity contribution in [3.8, 4) is 5.75 Å². The number of amides is 1. The Balaban J connectivity index is 2.42. The lowest BCUT2D eigenvalue weighted by Gasteiger charge is -2.17. The molecule has 18 heavy (non-hydrogen) atoms. The first-order chi connectivity index (χ1) is 8.52. The molecule has 0 radical (unpaired) electrons. The maximum Gasteiger partial charge on any atom is 0.258 e. The maximum absolute atomic E-state index is 11.6. The van der Waals surface area contributed by atoms with E-state index < -0.39 is 0 Å². The molecule has 1 amide bonds. The van der Waals surface area contributed by atoms with Crippen molar-refractivity contribution in [3.05, 3.63) is 29.8 Å². The maximum atomic E-state index is 11.6. The summed E-state index contributed by atoms with van der Waals surface area (Å²) in [5.74, 6) is 1.11. The van der Waals surface area contributed by atoms with Crippen molar-refractivity contribution >= 4 is 5.91 Å². The highest BCUT2D eigenvalue weighted by atomic mass is 16.5. The number of aryl methyl sites for hydroxylation is 1. The van der Waals surface area contributed by atoms with Gasteiger partial charge in [0.25, 0.3) is 5.91 Å². The standard InChI is InChI=1S/C15H23NO2/c1-5-13-7-6-8-14(9-13)18-10-15(17)16-12(4)11(2)3/h6-9,11-12H,5,10H2,1-4H3,(H,16,17)/t12-/m1/s1. The second-order valence-electron chi connectivity index (χ2n) is 4.89. The van der Waals surface area contributed by atoms with Crippen LogP contribution in [0.5, 0.6) is 5.75 Å². The molecule has 1 N–H and O–H groups in total. The predicted molar refractivity (Wildman–Crippen MR) is 73.8 cm³/mol. The lowest BCUT2D eigenvalue weighted by atomic mass is 10.1. The van der Waals surface area contributed by atoms with Gasteiger partial charge in [-0.3, -0.25) is 4.79 Å². The number of ether oxygens (including phenoxy) is 1. The van der Waals surface area contributed by atoms with Gasteiger partial charge in [0.2, 0.25) is 0 Å². The first kappa shape index (κ1) is 14.6. The van der Waals surface area contributed by atoms with Crippen LogP contribution in [0.1, 0.15) is 33.3 Å². The molecule has 0 unspecified atom stereocenters. The summed E-state index contributed by atoms with van der Waals surface area (Å²) in [4.78, 5) is 11.6. The highest BCUT2D eigenvalue weighted by molar-refractivity contribution is 5.77. The summed E-state index contributed by atoms with van der Waals surface area (Å²) in [7, 11) is 0. The molecule has 0 heterocycles. The van der Waals surface area contributed by atoms with Crippen LogP contribution >= 0.6 is 0 Å². The first-order valence-electron chi connectivity index (χ1n) is 6.54. The largest absolute Gasteiger partial charge is 0.484 e. The van der Waals surface area contributed by atoms with E-state index in [1.807, 2.05) is 31.2 Å². The van der Waals surface area contributed by atoms with Crippen molar-refractivity contribution in [3.63, 3.8) is 0 Å². The van der Waals surface area contributed by atoms with Gasteiger partial charge in [0.05, 0.1) is 0 Å². The van der Waals surface area contributed by atoms with Crippen LogP contribution in [0, 0.1) is 5.92 Å². The molecule has 0 saturated heterocycles. The number of hydrogen-bond acceptors (Lipinski definition) is 2. The van der Waals surface area contributed by atoms with E-state index in [-0.39, 0.29) is 18.6 Å². The monoisotopic (exact) mass is 249 g/mol. The van der Waals surface area contributed by atoms with Gasteiger partial charge in [-0.15, -0.1) is 0 Å². The molecule has 1 atom stereocenters. The van der Waals surface area contributed by atoms with Crippen molar-refractivity contribution < 1.29 is 9.53 Å². The Morgan fingerprint density at radius 2 is 2.06 bits per heavy atom. The Labute approximate surface area is 110 Å². The third-order valence-electron chi connectivity index (χ3n) is 3.07. The van der Waals surface area contributed by atoms with E-state index in [2.05, 4.69) is 26.1 Å². The number of nitrogens with one attached hydrogen (secondary N) is 1. The van der Waals surface area contributed by atoms with Crippen LogP contribution in [0.2, 0.25) is 0 Å². The minimum atomic E-state index is -0.0712. The van der Waals surface area contributed by atoms with Gasteiger partial charge in [-0.25, -0.2) is 0 Å². The molecule has 0 aliphatic heterocycles. The van der Waals surface area contributed by atoms with Gasteiger partial charge in [0.15, 0.2) is 6.61 Å². The molecular formula is C15H23NO2. The highest BCUT2D eigenvalue weighted by Crippen LogP contribution is 2.13. The van der Waals surface area contributed by atoms with E-state index in [4.69, 9.17) is 4.74 Å². The molecule has 0 aliphatic carbocycles. The molecule has 1 aromatic carbocycles. The zero-order chi connectivity index (χ0) is 13.5. The molecule has 0 spiro atoms. The summed E-state index contributed by atoms with van der Waals surface area (Å²) < 4.78 is 5.48. The molecule has 100 valence electrons. The van der Waals surface area contributed by atoms with Crippen molar-refractivity contribution in [2.24, 2.45) is 5.92 Å². The van der Waals surface area contributed by atoms with Crippen molar-refractivity contribution in [2.45, 2.75) is 40.2 Å². The van der Waals surface area contributed by atoms with Gasteiger partial charge < -0.3 is 10.1 Å². The minimum Gasteiger partial charge on any atom is -0.484 e. The van der Waals surface area contributed by atoms with Crippen LogP contribution in [0.3, 0.4) is 0 Å². The van der Waals surface area contributed by atoms with E-state index >= 15 is 0 Å². The smallest absolute Gasteiger partial charge is 0.258 e. The summed E-state index contributed by atoms with van der Waals surface area (Å²) in [5.41, 5.74) is 1.21. The second kappa shape index (κ2) is 7.04. The number of carbonyl (C=O) groups excluding carboxylic acids is 1. The van der Waals surface area contributed by atoms with E-state index in [9.17, 15) is 4.79 Å². The predicted octanol–water partition coefficient (Wildman–Crippen LogP) is 2.79. The summed E-state index contributed by atoms with van der Waals surface area (Å²) in [5, 5.41) is 2.91. The molecule has 1 aromatic rings. The second-order valence-corrected chi connectivity index (χ2v) is 4.89. The average Bonchev–Trinajstić information content (AvgIpc) is 2.36. The summed E-state index contributed by atoms with van der Waals surface area (Å²) >= 11 is 0. The Bertz CT molecular complexity index is 388. The van der Waals surface area contributed by atoms with E-state index in [0.717, 1.165) is 12.2 Å². The van der Waals surface area contributed by atoms with E-state index in [1.54, 1.807) is 0 Å². The average molecular weight is 249 g/mol. The Morgan fingerprint density at radius 3 is 2.67 bits per heavy atom. The van der Waals surface area contributed by atoms with Gasteiger partial charge in [0, 0.05) is 6.04 Å². The van der Waals surface area contributed by atoms with E-state index in [1.165, 1.54) is 5.56 Å². The van der Waals surface area contributed by atoms with Gasteiger partial charge in [-0.2, -0.15) is 0 Å². The van der Waals surface area contributed by atoms with Gasteiger partial charge in [-0.1, -0.05) is 32.9 Å². The van der Waals surface area contributed by atoms with Crippen molar-refractivity contribution in [2.75, 3.05) is 6.61 Å². The van der Waals surface area contributed by atoms with Crippen molar-refractivity contribution in [1.82, 2.24) is 5.32 Å². The number of benzene rings is 1. The van der Waals surface area contributed by atoms with Gasteiger partial charge in [0.1, 0.15) is 5.75 Å². The van der Waals surface area contributed by atoms with Crippen LogP contribution in [0.15, 0.2) is 24.3 Å². The molecule has 0 aromatic heterocycles. The van der Waals surface area contributed by atoms with Gasteiger partial charge in [-0.05, 0) is 37.0 Å².